The number of hydrogen-bond acceptors (Lipinski definition) is 1. The summed E-state index contributed by atoms with van der Waals surface area (Å²) in [6.45, 7) is 0. The zero-order chi connectivity index (χ0) is 41.2. The van der Waals surface area contributed by atoms with Gasteiger partial charge in [-0.2, -0.15) is 0 Å². The highest BCUT2D eigenvalue weighted by atomic mass is 15.2. The number of nitrogens with zero attached hydrogens (tertiary/aromatic N) is 2. The highest BCUT2D eigenvalue weighted by Gasteiger charge is 2.27. The predicted octanol–water partition coefficient (Wildman–Crippen LogP) is 16.6. The van der Waals surface area contributed by atoms with Crippen LogP contribution in [0, 0.1) is 0 Å². The molecule has 11 rings (SSSR count). The Bertz CT molecular complexity index is 3320. The lowest BCUT2D eigenvalue weighted by atomic mass is 9.91. The first-order valence-corrected chi connectivity index (χ1v) is 21.3. The molecule has 0 saturated carbocycles. The summed E-state index contributed by atoms with van der Waals surface area (Å²) in [7, 11) is 0. The van der Waals surface area contributed by atoms with E-state index in [-0.39, 0.29) is 0 Å². The average Bonchev–Trinajstić information content (AvgIpc) is 3.70. The quantitative estimate of drug-likeness (QED) is 0.141. The maximum Gasteiger partial charge on any atom is 0.0562 e. The molecule has 0 bridgehead atoms. The van der Waals surface area contributed by atoms with E-state index in [2.05, 4.69) is 264 Å². The molecule has 10 aromatic carbocycles. The van der Waals surface area contributed by atoms with E-state index in [1.165, 1.54) is 49.7 Å². The maximum absolute atomic E-state index is 2.52. The first-order chi connectivity index (χ1) is 30.8. The van der Waals surface area contributed by atoms with Crippen LogP contribution in [0.3, 0.4) is 0 Å². The third kappa shape index (κ3) is 6.56. The highest BCUT2D eigenvalue weighted by molar-refractivity contribution is 6.18. The summed E-state index contributed by atoms with van der Waals surface area (Å²) in [5.74, 6) is 0. The molecule has 1 aromatic heterocycles. The second-order valence-corrected chi connectivity index (χ2v) is 15.6. The van der Waals surface area contributed by atoms with Crippen LogP contribution in [0.15, 0.2) is 255 Å². The standard InChI is InChI=1S/C60H42N2/c1-6-22-43(23-7-1)48-40-41-55(52(42-48)46-28-12-4-13-29-46)61-54-36-19-17-33-51(54)60-57(61)38-21-39-58(60)62(53-35-18-16-32-49(53)44-24-8-2-9-25-44)56-37-20-34-50(45-26-10-3-11-27-45)59(56)47-30-14-5-15-31-47/h1-42H. The molecule has 2 nitrogen and oxygen atoms in total. The molecule has 0 aliphatic carbocycles. The average molecular weight is 791 g/mol. The van der Waals surface area contributed by atoms with E-state index in [0.29, 0.717) is 0 Å². The largest absolute Gasteiger partial charge is 0.309 e. The van der Waals surface area contributed by atoms with E-state index >= 15 is 0 Å². The van der Waals surface area contributed by atoms with Crippen LogP contribution in [0.25, 0.3) is 83.1 Å². The molecular weight excluding hydrogens is 749 g/mol. The molecule has 0 aliphatic heterocycles. The molecule has 0 atom stereocenters. The van der Waals surface area contributed by atoms with Gasteiger partial charge < -0.3 is 9.47 Å². The first-order valence-electron chi connectivity index (χ1n) is 21.3. The fourth-order valence-electron chi connectivity index (χ4n) is 9.25. The Morgan fingerprint density at radius 3 is 1.42 bits per heavy atom. The van der Waals surface area contributed by atoms with Gasteiger partial charge in [-0.3, -0.25) is 0 Å². The Balaban J connectivity index is 1.24. The van der Waals surface area contributed by atoms with E-state index in [0.717, 1.165) is 50.5 Å². The van der Waals surface area contributed by atoms with E-state index in [1.54, 1.807) is 0 Å². The zero-order valence-electron chi connectivity index (χ0n) is 34.1. The highest BCUT2D eigenvalue weighted by Crippen LogP contribution is 2.51. The number of fused-ring (bicyclic) bond motifs is 3. The Labute approximate surface area is 362 Å². The predicted molar refractivity (Wildman–Crippen MR) is 263 cm³/mol. The third-order valence-electron chi connectivity index (χ3n) is 12.0. The summed E-state index contributed by atoms with van der Waals surface area (Å²) in [6, 6.07) is 92.2. The summed E-state index contributed by atoms with van der Waals surface area (Å²) in [5, 5.41) is 2.37. The maximum atomic E-state index is 2.52. The summed E-state index contributed by atoms with van der Waals surface area (Å²) in [5.41, 5.74) is 18.4. The lowest BCUT2D eigenvalue weighted by molar-refractivity contribution is 1.18. The van der Waals surface area contributed by atoms with Crippen molar-refractivity contribution in [1.29, 1.82) is 0 Å². The van der Waals surface area contributed by atoms with Crippen molar-refractivity contribution in [3.05, 3.63) is 255 Å². The molecule has 62 heavy (non-hydrogen) atoms. The van der Waals surface area contributed by atoms with Crippen molar-refractivity contribution in [2.24, 2.45) is 0 Å². The molecule has 0 fully saturated rings. The summed E-state index contributed by atoms with van der Waals surface area (Å²) < 4.78 is 2.48. The lowest BCUT2D eigenvalue weighted by Crippen LogP contribution is -2.13. The minimum absolute atomic E-state index is 1.10. The van der Waals surface area contributed by atoms with Crippen molar-refractivity contribution in [2.45, 2.75) is 0 Å². The molecule has 0 unspecified atom stereocenters. The van der Waals surface area contributed by atoms with Crippen LogP contribution in [0.5, 0.6) is 0 Å². The number of aromatic nitrogens is 1. The fraction of sp³-hybridized carbons (Fsp3) is 0. The van der Waals surface area contributed by atoms with Crippen molar-refractivity contribution >= 4 is 38.9 Å². The van der Waals surface area contributed by atoms with Crippen LogP contribution >= 0.6 is 0 Å². The molecule has 0 radical (unpaired) electrons. The molecule has 11 aromatic rings. The molecule has 0 spiro atoms. The van der Waals surface area contributed by atoms with Crippen LogP contribution in [-0.2, 0) is 0 Å². The fourth-order valence-corrected chi connectivity index (χ4v) is 9.25. The van der Waals surface area contributed by atoms with Gasteiger partial charge in [-0.05, 0) is 81.4 Å². The Hall–Kier alpha value is -8.20. The van der Waals surface area contributed by atoms with Crippen molar-refractivity contribution in [3.63, 3.8) is 0 Å². The Morgan fingerprint density at radius 1 is 0.274 bits per heavy atom. The van der Waals surface area contributed by atoms with Crippen molar-refractivity contribution in [2.75, 3.05) is 4.90 Å². The lowest BCUT2D eigenvalue weighted by Gasteiger charge is -2.31. The number of rotatable bonds is 9. The number of hydrogen-bond donors (Lipinski definition) is 0. The second-order valence-electron chi connectivity index (χ2n) is 15.6. The molecule has 1 heterocycles. The van der Waals surface area contributed by atoms with Gasteiger partial charge in [0, 0.05) is 27.5 Å². The molecule has 2 heteroatoms. The normalized spacial score (nSPS) is 11.2. The second kappa shape index (κ2) is 16.1. The Kier molecular flexibility index (Phi) is 9.57. The number of benzene rings is 10. The number of para-hydroxylation sites is 2. The smallest absolute Gasteiger partial charge is 0.0562 e. The van der Waals surface area contributed by atoms with E-state index in [1.807, 2.05) is 0 Å². The molecule has 292 valence electrons. The van der Waals surface area contributed by atoms with Crippen LogP contribution in [0.2, 0.25) is 0 Å². The summed E-state index contributed by atoms with van der Waals surface area (Å²) >= 11 is 0. The molecule has 0 saturated heterocycles. The molecule has 0 aliphatic rings. The van der Waals surface area contributed by atoms with Gasteiger partial charge in [0.15, 0.2) is 0 Å². The Morgan fingerprint density at radius 2 is 0.742 bits per heavy atom. The minimum Gasteiger partial charge on any atom is -0.309 e. The molecule has 0 amide bonds. The van der Waals surface area contributed by atoms with Crippen LogP contribution in [0.4, 0.5) is 17.1 Å². The summed E-state index contributed by atoms with van der Waals surface area (Å²) in [4.78, 5) is 2.52. The van der Waals surface area contributed by atoms with E-state index < -0.39 is 0 Å². The van der Waals surface area contributed by atoms with Crippen molar-refractivity contribution in [1.82, 2.24) is 4.57 Å². The van der Waals surface area contributed by atoms with Crippen LogP contribution in [0.1, 0.15) is 0 Å². The SMILES string of the molecule is c1ccc(-c2ccc(-n3c4ccccc4c4c(N(c5ccccc5-c5ccccc5)c5cccc(-c6ccccc6)c5-c5ccccc5)cccc43)c(-c3ccccc3)c2)cc1. The monoisotopic (exact) mass is 790 g/mol. The van der Waals surface area contributed by atoms with Gasteiger partial charge in [-0.15, -0.1) is 0 Å². The van der Waals surface area contributed by atoms with E-state index in [9.17, 15) is 0 Å². The topological polar surface area (TPSA) is 8.17 Å². The van der Waals surface area contributed by atoms with E-state index in [4.69, 9.17) is 0 Å². The minimum atomic E-state index is 1.10. The zero-order valence-corrected chi connectivity index (χ0v) is 34.1. The molecular formula is C60H42N2. The van der Waals surface area contributed by atoms with Gasteiger partial charge in [0.05, 0.1) is 33.8 Å². The van der Waals surface area contributed by atoms with Gasteiger partial charge in [0.2, 0.25) is 0 Å². The van der Waals surface area contributed by atoms with Gasteiger partial charge in [0.25, 0.3) is 0 Å². The number of anilines is 3. The van der Waals surface area contributed by atoms with Crippen LogP contribution < -0.4 is 4.90 Å². The third-order valence-corrected chi connectivity index (χ3v) is 12.0. The van der Waals surface area contributed by atoms with Gasteiger partial charge in [-0.25, -0.2) is 0 Å². The summed E-state index contributed by atoms with van der Waals surface area (Å²) in [6.07, 6.45) is 0. The molecule has 0 N–H and O–H groups in total. The van der Waals surface area contributed by atoms with Gasteiger partial charge in [0.1, 0.15) is 0 Å². The van der Waals surface area contributed by atoms with Gasteiger partial charge >= 0.3 is 0 Å². The van der Waals surface area contributed by atoms with Crippen LogP contribution in [-0.4, -0.2) is 4.57 Å². The first kappa shape index (κ1) is 36.8. The van der Waals surface area contributed by atoms with Crippen molar-refractivity contribution < 1.29 is 0 Å². The van der Waals surface area contributed by atoms with Crippen molar-refractivity contribution in [3.8, 4) is 61.3 Å². The van der Waals surface area contributed by atoms with Gasteiger partial charge in [-0.1, -0.05) is 212 Å².